The first kappa shape index (κ1) is 14.0. The zero-order valence-corrected chi connectivity index (χ0v) is 11.5. The molecule has 1 fully saturated rings. The van der Waals surface area contributed by atoms with Crippen LogP contribution in [-0.2, 0) is 4.74 Å². The topological polar surface area (TPSA) is 40.0 Å². The van der Waals surface area contributed by atoms with Crippen LogP contribution in [0.2, 0.25) is 0 Å². The summed E-state index contributed by atoms with van der Waals surface area (Å²) in [5.74, 6) is 0.921. The van der Waals surface area contributed by atoms with Gasteiger partial charge in [0, 0.05) is 12.0 Å². The Balaban J connectivity index is 1.66. The van der Waals surface area contributed by atoms with Crippen molar-refractivity contribution in [1.29, 1.82) is 0 Å². The third-order valence-electron chi connectivity index (χ3n) is 3.40. The summed E-state index contributed by atoms with van der Waals surface area (Å²) in [7, 11) is 0. The van der Waals surface area contributed by atoms with Gasteiger partial charge in [0.1, 0.15) is 18.8 Å². The molecule has 1 aromatic carbocycles. The summed E-state index contributed by atoms with van der Waals surface area (Å²) >= 11 is 0. The highest BCUT2D eigenvalue weighted by Crippen LogP contribution is 2.12. The Morgan fingerprint density at radius 2 is 1.95 bits per heavy atom. The van der Waals surface area contributed by atoms with Gasteiger partial charge in [-0.05, 0) is 31.2 Å². The summed E-state index contributed by atoms with van der Waals surface area (Å²) in [5.41, 5.74) is 0.727. The lowest BCUT2D eigenvalue weighted by Gasteiger charge is -2.23. The molecule has 1 saturated heterocycles. The van der Waals surface area contributed by atoms with Crippen LogP contribution >= 0.6 is 0 Å². The van der Waals surface area contributed by atoms with Crippen LogP contribution in [0.1, 0.15) is 23.7 Å². The van der Waals surface area contributed by atoms with E-state index in [1.54, 1.807) is 11.8 Å². The average Bonchev–Trinajstić information content (AvgIpc) is 2.45. The molecule has 1 aliphatic heterocycles. The van der Waals surface area contributed by atoms with Crippen LogP contribution in [0.15, 0.2) is 24.3 Å². The number of morpholine rings is 1. The minimum absolute atomic E-state index is 0.0856. The average molecular weight is 264 g/mol. The van der Waals surface area contributed by atoms with Crippen LogP contribution in [0, 0.1) is 0 Å². The lowest BCUT2D eigenvalue weighted by molar-refractivity contribution is -0.908. The number of ether oxygens (including phenoxy) is 2. The first-order valence-electron chi connectivity index (χ1n) is 6.91. The third kappa shape index (κ3) is 4.65. The van der Waals surface area contributed by atoms with Crippen molar-refractivity contribution in [1.82, 2.24) is 0 Å². The monoisotopic (exact) mass is 264 g/mol. The van der Waals surface area contributed by atoms with Crippen molar-refractivity contribution < 1.29 is 19.2 Å². The van der Waals surface area contributed by atoms with E-state index in [-0.39, 0.29) is 5.78 Å². The molecule has 19 heavy (non-hydrogen) atoms. The predicted molar refractivity (Wildman–Crippen MR) is 72.9 cm³/mol. The summed E-state index contributed by atoms with van der Waals surface area (Å²) < 4.78 is 11.0. The Hall–Kier alpha value is -1.39. The molecule has 1 heterocycles. The van der Waals surface area contributed by atoms with Gasteiger partial charge in [-0.15, -0.1) is 0 Å². The maximum Gasteiger partial charge on any atom is 0.159 e. The second-order valence-corrected chi connectivity index (χ2v) is 4.89. The lowest BCUT2D eigenvalue weighted by atomic mass is 10.1. The Bertz CT molecular complexity index is 396. The van der Waals surface area contributed by atoms with Crippen molar-refractivity contribution in [2.24, 2.45) is 0 Å². The first-order valence-corrected chi connectivity index (χ1v) is 6.91. The van der Waals surface area contributed by atoms with Gasteiger partial charge in [-0.1, -0.05) is 0 Å². The van der Waals surface area contributed by atoms with E-state index in [0.29, 0.717) is 0 Å². The number of nitrogens with one attached hydrogen (secondary N) is 1. The van der Waals surface area contributed by atoms with Crippen LogP contribution in [0.5, 0.6) is 5.75 Å². The van der Waals surface area contributed by atoms with E-state index < -0.39 is 0 Å². The number of hydrogen-bond donors (Lipinski definition) is 1. The number of hydrogen-bond acceptors (Lipinski definition) is 3. The highest BCUT2D eigenvalue weighted by Gasteiger charge is 2.12. The van der Waals surface area contributed by atoms with E-state index in [4.69, 9.17) is 9.47 Å². The molecule has 0 saturated carbocycles. The second kappa shape index (κ2) is 7.26. The lowest BCUT2D eigenvalue weighted by Crippen LogP contribution is -3.14. The van der Waals surface area contributed by atoms with E-state index in [9.17, 15) is 4.79 Å². The Morgan fingerprint density at radius 3 is 2.58 bits per heavy atom. The molecule has 1 N–H and O–H groups in total. The van der Waals surface area contributed by atoms with Gasteiger partial charge >= 0.3 is 0 Å². The molecule has 2 rings (SSSR count). The maximum absolute atomic E-state index is 11.1. The normalized spacial score (nSPS) is 16.3. The van der Waals surface area contributed by atoms with Crippen LogP contribution in [0.3, 0.4) is 0 Å². The summed E-state index contributed by atoms with van der Waals surface area (Å²) in [5, 5.41) is 0. The van der Waals surface area contributed by atoms with Crippen molar-refractivity contribution in [3.05, 3.63) is 29.8 Å². The Kier molecular flexibility index (Phi) is 5.36. The van der Waals surface area contributed by atoms with Gasteiger partial charge < -0.3 is 14.4 Å². The number of ketones is 1. The standard InChI is InChI=1S/C15H21NO3/c1-13(17)14-3-5-15(6-4-14)19-10-2-7-16-8-11-18-12-9-16/h3-6H,2,7-12H2,1H3/p+1. The van der Waals surface area contributed by atoms with E-state index in [1.807, 2.05) is 24.3 Å². The van der Waals surface area contributed by atoms with Gasteiger partial charge in [0.15, 0.2) is 5.78 Å². The number of rotatable bonds is 6. The molecule has 0 amide bonds. The second-order valence-electron chi connectivity index (χ2n) is 4.89. The van der Waals surface area contributed by atoms with Crippen molar-refractivity contribution >= 4 is 5.78 Å². The fourth-order valence-corrected chi connectivity index (χ4v) is 2.21. The number of quaternary nitrogens is 1. The number of carbonyl (C=O) groups excluding carboxylic acids is 1. The first-order chi connectivity index (χ1) is 9.25. The third-order valence-corrected chi connectivity index (χ3v) is 3.40. The summed E-state index contributed by atoms with van der Waals surface area (Å²) in [6.45, 7) is 7.39. The molecular formula is C15H22NO3+. The number of Topliss-reactive ketones (excluding diaryl/α,β-unsaturated/α-hetero) is 1. The van der Waals surface area contributed by atoms with E-state index in [1.165, 1.54) is 0 Å². The van der Waals surface area contributed by atoms with Gasteiger partial charge in [0.05, 0.1) is 26.4 Å². The highest BCUT2D eigenvalue weighted by atomic mass is 16.5. The molecule has 0 aliphatic carbocycles. The molecule has 4 heteroatoms. The van der Waals surface area contributed by atoms with Gasteiger partial charge in [-0.2, -0.15) is 0 Å². The maximum atomic E-state index is 11.1. The van der Waals surface area contributed by atoms with E-state index in [0.717, 1.165) is 57.2 Å². The molecule has 0 atom stereocenters. The van der Waals surface area contributed by atoms with Crippen LogP contribution in [0.25, 0.3) is 0 Å². The Morgan fingerprint density at radius 1 is 1.26 bits per heavy atom. The molecule has 0 unspecified atom stereocenters. The molecule has 1 aromatic rings. The van der Waals surface area contributed by atoms with Gasteiger partial charge in [-0.3, -0.25) is 4.79 Å². The minimum Gasteiger partial charge on any atom is -0.493 e. The molecule has 0 aromatic heterocycles. The van der Waals surface area contributed by atoms with Crippen LogP contribution < -0.4 is 9.64 Å². The van der Waals surface area contributed by atoms with Crippen LogP contribution in [-0.4, -0.2) is 45.2 Å². The zero-order chi connectivity index (χ0) is 13.5. The summed E-state index contributed by atoms with van der Waals surface area (Å²) in [6.07, 6.45) is 1.05. The molecule has 0 bridgehead atoms. The fraction of sp³-hybridized carbons (Fsp3) is 0.533. The minimum atomic E-state index is 0.0856. The SMILES string of the molecule is CC(=O)c1ccc(OCCC[NH+]2CCOCC2)cc1. The number of benzene rings is 1. The van der Waals surface area contributed by atoms with E-state index >= 15 is 0 Å². The van der Waals surface area contributed by atoms with Gasteiger partial charge in [0.25, 0.3) is 0 Å². The Labute approximate surface area is 114 Å². The smallest absolute Gasteiger partial charge is 0.159 e. The molecule has 0 radical (unpaired) electrons. The molecule has 104 valence electrons. The van der Waals surface area contributed by atoms with Crippen molar-refractivity contribution in [3.63, 3.8) is 0 Å². The zero-order valence-electron chi connectivity index (χ0n) is 11.5. The molecular weight excluding hydrogens is 242 g/mol. The molecule has 0 spiro atoms. The van der Waals surface area contributed by atoms with Crippen molar-refractivity contribution in [3.8, 4) is 5.75 Å². The fourth-order valence-electron chi connectivity index (χ4n) is 2.21. The largest absolute Gasteiger partial charge is 0.493 e. The van der Waals surface area contributed by atoms with E-state index in [2.05, 4.69) is 0 Å². The van der Waals surface area contributed by atoms with Crippen molar-refractivity contribution in [2.45, 2.75) is 13.3 Å². The predicted octanol–water partition coefficient (Wildman–Crippen LogP) is 0.573. The quantitative estimate of drug-likeness (QED) is 0.603. The molecule has 1 aliphatic rings. The summed E-state index contributed by atoms with van der Waals surface area (Å²) in [6, 6.07) is 7.34. The summed E-state index contributed by atoms with van der Waals surface area (Å²) in [4.78, 5) is 12.7. The highest BCUT2D eigenvalue weighted by molar-refractivity contribution is 5.94. The van der Waals surface area contributed by atoms with Crippen LogP contribution in [0.4, 0.5) is 0 Å². The van der Waals surface area contributed by atoms with Gasteiger partial charge in [0.2, 0.25) is 0 Å². The number of carbonyl (C=O) groups is 1. The van der Waals surface area contributed by atoms with Crippen molar-refractivity contribution in [2.75, 3.05) is 39.5 Å². The molecule has 4 nitrogen and oxygen atoms in total. The van der Waals surface area contributed by atoms with Gasteiger partial charge in [-0.25, -0.2) is 0 Å².